The van der Waals surface area contributed by atoms with Crippen LogP contribution in [0.4, 0.5) is 13.2 Å². The number of hydrogen-bond donors (Lipinski definition) is 0. The lowest BCUT2D eigenvalue weighted by Gasteiger charge is -2.05. The lowest BCUT2D eigenvalue weighted by atomic mass is 10.1. The van der Waals surface area contributed by atoms with Crippen molar-refractivity contribution in [2.75, 3.05) is 0 Å². The molecule has 0 fully saturated rings. The van der Waals surface area contributed by atoms with Crippen molar-refractivity contribution in [1.82, 2.24) is 0 Å². The molecule has 0 saturated heterocycles. The maximum Gasteiger partial charge on any atom is 0.416 e. The van der Waals surface area contributed by atoms with Crippen LogP contribution in [-0.4, -0.2) is 0 Å². The van der Waals surface area contributed by atoms with E-state index in [1.165, 1.54) is 17.4 Å². The molecule has 0 unspecified atom stereocenters. The van der Waals surface area contributed by atoms with Crippen molar-refractivity contribution >= 4 is 21.4 Å². The number of thiophene rings is 1. The summed E-state index contributed by atoms with van der Waals surface area (Å²) in [4.78, 5) is 1.15. The van der Waals surface area contributed by atoms with E-state index in [2.05, 4.69) is 6.92 Å². The third kappa shape index (κ3) is 2.21. The summed E-state index contributed by atoms with van der Waals surface area (Å²) in [5.74, 6) is 0. The second-order valence-electron chi connectivity index (χ2n) is 3.71. The maximum absolute atomic E-state index is 12.5. The van der Waals surface area contributed by atoms with Crippen LogP contribution in [0.1, 0.15) is 23.8 Å². The van der Waals surface area contributed by atoms with E-state index < -0.39 is 11.7 Å². The highest BCUT2D eigenvalue weighted by molar-refractivity contribution is 7.19. The van der Waals surface area contributed by atoms with Gasteiger partial charge in [0.2, 0.25) is 0 Å². The first-order valence-corrected chi connectivity index (χ1v) is 5.92. The fourth-order valence-corrected chi connectivity index (χ4v) is 2.84. The summed E-state index contributed by atoms with van der Waals surface area (Å²) in [5, 5.41) is 0.904. The van der Waals surface area contributed by atoms with Gasteiger partial charge in [-0.2, -0.15) is 13.2 Å². The lowest BCUT2D eigenvalue weighted by Crippen LogP contribution is -2.03. The van der Waals surface area contributed by atoms with Gasteiger partial charge in [-0.3, -0.25) is 0 Å². The molecule has 2 aromatic rings. The highest BCUT2D eigenvalue weighted by Crippen LogP contribution is 2.34. The third-order valence-electron chi connectivity index (χ3n) is 2.39. The van der Waals surface area contributed by atoms with Gasteiger partial charge in [0.25, 0.3) is 0 Å². The fraction of sp³-hybridized carbons (Fsp3) is 0.333. The summed E-state index contributed by atoms with van der Waals surface area (Å²) in [5.41, 5.74) is -0.565. The Labute approximate surface area is 95.7 Å². The van der Waals surface area contributed by atoms with Crippen LogP contribution in [0.25, 0.3) is 10.1 Å². The van der Waals surface area contributed by atoms with Crippen LogP contribution in [0.15, 0.2) is 24.3 Å². The van der Waals surface area contributed by atoms with E-state index in [-0.39, 0.29) is 0 Å². The summed E-state index contributed by atoms with van der Waals surface area (Å²) in [6.07, 6.45) is -2.30. The van der Waals surface area contributed by atoms with E-state index >= 15 is 0 Å². The Bertz CT molecular complexity index is 496. The molecule has 0 nitrogen and oxygen atoms in total. The minimum Gasteiger partial charge on any atom is -0.166 e. The average Bonchev–Trinajstić information content (AvgIpc) is 2.57. The highest BCUT2D eigenvalue weighted by atomic mass is 32.1. The Morgan fingerprint density at radius 2 is 1.94 bits per heavy atom. The summed E-state index contributed by atoms with van der Waals surface area (Å²) < 4.78 is 38.1. The molecule has 0 N–H and O–H groups in total. The Balaban J connectivity index is 2.46. The molecule has 0 aliphatic heterocycles. The molecule has 0 aliphatic carbocycles. The molecular formula is C12H11F3S. The summed E-state index contributed by atoms with van der Waals surface area (Å²) in [7, 11) is 0. The van der Waals surface area contributed by atoms with E-state index in [0.717, 1.165) is 33.9 Å². The van der Waals surface area contributed by atoms with Crippen molar-refractivity contribution in [3.63, 3.8) is 0 Å². The number of benzene rings is 1. The molecule has 4 heteroatoms. The van der Waals surface area contributed by atoms with Crippen LogP contribution in [0.2, 0.25) is 0 Å². The first-order chi connectivity index (χ1) is 7.50. The van der Waals surface area contributed by atoms with E-state index in [4.69, 9.17) is 0 Å². The Morgan fingerprint density at radius 3 is 2.56 bits per heavy atom. The molecule has 0 spiro atoms. The molecule has 1 aromatic heterocycles. The van der Waals surface area contributed by atoms with Crippen LogP contribution in [-0.2, 0) is 12.6 Å². The van der Waals surface area contributed by atoms with E-state index in [1.54, 1.807) is 6.07 Å². The monoisotopic (exact) mass is 244 g/mol. The molecule has 2 rings (SSSR count). The van der Waals surface area contributed by atoms with Crippen LogP contribution in [0.3, 0.4) is 0 Å². The summed E-state index contributed by atoms with van der Waals surface area (Å²) in [6.45, 7) is 2.06. The predicted octanol–water partition coefficient (Wildman–Crippen LogP) is 4.87. The number of hydrogen-bond acceptors (Lipinski definition) is 1. The molecule has 0 amide bonds. The first-order valence-electron chi connectivity index (χ1n) is 5.10. The smallest absolute Gasteiger partial charge is 0.166 e. The van der Waals surface area contributed by atoms with E-state index in [0.29, 0.717) is 0 Å². The number of rotatable bonds is 2. The zero-order chi connectivity index (χ0) is 11.8. The van der Waals surface area contributed by atoms with Crippen molar-refractivity contribution in [2.24, 2.45) is 0 Å². The Kier molecular flexibility index (Phi) is 2.93. The largest absolute Gasteiger partial charge is 0.416 e. The van der Waals surface area contributed by atoms with Gasteiger partial charge in [0.1, 0.15) is 0 Å². The Morgan fingerprint density at radius 1 is 1.19 bits per heavy atom. The van der Waals surface area contributed by atoms with Crippen LogP contribution < -0.4 is 0 Å². The predicted molar refractivity (Wildman–Crippen MR) is 60.8 cm³/mol. The number of halogens is 3. The first kappa shape index (κ1) is 11.5. The SMILES string of the molecule is CCCc1cc2ccc(C(F)(F)F)cc2s1. The molecule has 1 heterocycles. The summed E-state index contributed by atoms with van der Waals surface area (Å²) >= 11 is 1.45. The standard InChI is InChI=1S/C12H11F3S/c1-2-3-10-6-8-4-5-9(12(13,14)15)7-11(8)16-10/h4-7H,2-3H2,1H3. The number of fused-ring (bicyclic) bond motifs is 1. The number of aryl methyl sites for hydroxylation is 1. The third-order valence-corrected chi connectivity index (χ3v) is 3.55. The highest BCUT2D eigenvalue weighted by Gasteiger charge is 2.30. The zero-order valence-electron chi connectivity index (χ0n) is 8.77. The van der Waals surface area contributed by atoms with Crippen LogP contribution in [0, 0.1) is 0 Å². The molecule has 0 aliphatic rings. The number of alkyl halides is 3. The average molecular weight is 244 g/mol. The van der Waals surface area contributed by atoms with Gasteiger partial charge >= 0.3 is 6.18 Å². The van der Waals surface area contributed by atoms with Crippen molar-refractivity contribution in [3.8, 4) is 0 Å². The second-order valence-corrected chi connectivity index (χ2v) is 4.88. The van der Waals surface area contributed by atoms with Crippen molar-refractivity contribution in [1.29, 1.82) is 0 Å². The van der Waals surface area contributed by atoms with Gasteiger partial charge in [-0.1, -0.05) is 19.4 Å². The Hall–Kier alpha value is -1.03. The van der Waals surface area contributed by atoms with Gasteiger partial charge < -0.3 is 0 Å². The second kappa shape index (κ2) is 4.09. The fourth-order valence-electron chi connectivity index (χ4n) is 1.63. The minimum absolute atomic E-state index is 0.565. The van der Waals surface area contributed by atoms with Gasteiger partial charge in [-0.15, -0.1) is 11.3 Å². The lowest BCUT2D eigenvalue weighted by molar-refractivity contribution is -0.137. The quantitative estimate of drug-likeness (QED) is 0.706. The molecule has 1 aromatic carbocycles. The van der Waals surface area contributed by atoms with Crippen LogP contribution >= 0.6 is 11.3 Å². The van der Waals surface area contributed by atoms with Gasteiger partial charge in [0.05, 0.1) is 5.56 Å². The van der Waals surface area contributed by atoms with Crippen LogP contribution in [0.5, 0.6) is 0 Å². The zero-order valence-corrected chi connectivity index (χ0v) is 9.58. The normalized spacial score (nSPS) is 12.2. The van der Waals surface area contributed by atoms with Gasteiger partial charge in [-0.05, 0) is 30.0 Å². The van der Waals surface area contributed by atoms with Gasteiger partial charge in [0.15, 0.2) is 0 Å². The molecule has 0 bridgehead atoms. The van der Waals surface area contributed by atoms with Crippen molar-refractivity contribution < 1.29 is 13.2 Å². The van der Waals surface area contributed by atoms with Crippen molar-refractivity contribution in [3.05, 3.63) is 34.7 Å². The molecule has 0 saturated carbocycles. The topological polar surface area (TPSA) is 0 Å². The van der Waals surface area contributed by atoms with Gasteiger partial charge in [0, 0.05) is 9.58 Å². The van der Waals surface area contributed by atoms with Crippen molar-refractivity contribution in [2.45, 2.75) is 25.9 Å². The maximum atomic E-state index is 12.5. The summed E-state index contributed by atoms with van der Waals surface area (Å²) in [6, 6.07) is 5.90. The molecule has 0 atom stereocenters. The molecule has 0 radical (unpaired) electrons. The molecule has 16 heavy (non-hydrogen) atoms. The van der Waals surface area contributed by atoms with E-state index in [1.807, 2.05) is 6.07 Å². The molecular weight excluding hydrogens is 233 g/mol. The van der Waals surface area contributed by atoms with E-state index in [9.17, 15) is 13.2 Å². The van der Waals surface area contributed by atoms with Gasteiger partial charge in [-0.25, -0.2) is 0 Å². The minimum atomic E-state index is -4.25. The molecule has 86 valence electrons.